The highest BCUT2D eigenvalue weighted by Gasteiger charge is 2.22. The number of oxazole rings is 1. The van der Waals surface area contributed by atoms with E-state index in [9.17, 15) is 0 Å². The van der Waals surface area contributed by atoms with Gasteiger partial charge in [-0.2, -0.15) is 0 Å². The van der Waals surface area contributed by atoms with Gasteiger partial charge >= 0.3 is 0 Å². The van der Waals surface area contributed by atoms with Gasteiger partial charge in [0, 0.05) is 25.2 Å². The van der Waals surface area contributed by atoms with Gasteiger partial charge in [0.25, 0.3) is 0 Å². The third-order valence-electron chi connectivity index (χ3n) is 4.28. The first-order valence-corrected chi connectivity index (χ1v) is 8.27. The zero-order valence-corrected chi connectivity index (χ0v) is 13.5. The van der Waals surface area contributed by atoms with Gasteiger partial charge in [0.05, 0.1) is 18.4 Å². The predicted octanol–water partition coefficient (Wildman–Crippen LogP) is 3.92. The molecule has 1 atom stereocenters. The minimum atomic E-state index is 0.125. The Morgan fingerprint density at radius 3 is 2.54 bits per heavy atom. The lowest BCUT2D eigenvalue weighted by molar-refractivity contribution is -0.0332. The van der Waals surface area contributed by atoms with Gasteiger partial charge in [0.2, 0.25) is 5.89 Å². The third kappa shape index (κ3) is 3.40. The molecule has 4 nitrogen and oxygen atoms in total. The molecule has 122 valence electrons. The normalized spacial score (nSPS) is 18.6. The van der Waals surface area contributed by atoms with Gasteiger partial charge in [-0.15, -0.1) is 0 Å². The van der Waals surface area contributed by atoms with E-state index in [1.165, 1.54) is 5.56 Å². The molecule has 0 radical (unpaired) electrons. The summed E-state index contributed by atoms with van der Waals surface area (Å²) in [5.74, 6) is 0.679. The van der Waals surface area contributed by atoms with Crippen molar-refractivity contribution in [3.63, 3.8) is 0 Å². The van der Waals surface area contributed by atoms with Gasteiger partial charge in [0.15, 0.2) is 0 Å². The molecule has 0 aliphatic carbocycles. The molecule has 2 aromatic carbocycles. The number of hydrogen-bond donors (Lipinski definition) is 0. The molecule has 2 heterocycles. The van der Waals surface area contributed by atoms with E-state index >= 15 is 0 Å². The lowest BCUT2D eigenvalue weighted by Gasteiger charge is -2.32. The van der Waals surface area contributed by atoms with Crippen molar-refractivity contribution in [3.8, 4) is 11.5 Å². The lowest BCUT2D eigenvalue weighted by atomic mass is 10.1. The van der Waals surface area contributed by atoms with Gasteiger partial charge in [-0.1, -0.05) is 48.5 Å². The molecule has 4 heteroatoms. The first-order valence-electron chi connectivity index (χ1n) is 8.27. The van der Waals surface area contributed by atoms with Crippen molar-refractivity contribution in [1.82, 2.24) is 9.88 Å². The Hall–Kier alpha value is -2.43. The largest absolute Gasteiger partial charge is 0.444 e. The number of nitrogens with zero attached hydrogens (tertiary/aromatic N) is 2. The van der Waals surface area contributed by atoms with Crippen molar-refractivity contribution in [3.05, 3.63) is 78.2 Å². The number of aromatic nitrogens is 1. The standard InChI is InChI=1S/C20H20N2O2/c1-3-7-16(8-4-1)19-14-22(11-12-23-19)13-18-15-24-20(21-18)17-9-5-2-6-10-17/h1-10,15,19H,11-14H2/t19-/m0/s1. The zero-order chi connectivity index (χ0) is 16.2. The second-order valence-corrected chi connectivity index (χ2v) is 6.02. The van der Waals surface area contributed by atoms with E-state index < -0.39 is 0 Å². The highest BCUT2D eigenvalue weighted by molar-refractivity contribution is 5.52. The molecule has 1 aliphatic heterocycles. The van der Waals surface area contributed by atoms with Crippen molar-refractivity contribution in [2.75, 3.05) is 19.7 Å². The molecule has 3 aromatic rings. The summed E-state index contributed by atoms with van der Waals surface area (Å²) >= 11 is 0. The van der Waals surface area contributed by atoms with Crippen LogP contribution in [0, 0.1) is 0 Å². The average Bonchev–Trinajstić information content (AvgIpc) is 3.12. The molecule has 0 saturated carbocycles. The molecule has 0 unspecified atom stereocenters. The van der Waals surface area contributed by atoms with Gasteiger partial charge in [-0.3, -0.25) is 4.90 Å². The van der Waals surface area contributed by atoms with Crippen molar-refractivity contribution in [2.45, 2.75) is 12.6 Å². The molecule has 1 aromatic heterocycles. The molecular formula is C20H20N2O2. The highest BCUT2D eigenvalue weighted by Crippen LogP contribution is 2.24. The molecule has 1 saturated heterocycles. The first-order chi connectivity index (χ1) is 11.9. The summed E-state index contributed by atoms with van der Waals surface area (Å²) in [6, 6.07) is 20.4. The van der Waals surface area contributed by atoms with E-state index in [2.05, 4.69) is 34.1 Å². The van der Waals surface area contributed by atoms with Crippen LogP contribution in [0.2, 0.25) is 0 Å². The Morgan fingerprint density at radius 2 is 1.75 bits per heavy atom. The van der Waals surface area contributed by atoms with Gasteiger partial charge in [-0.05, 0) is 17.7 Å². The van der Waals surface area contributed by atoms with Crippen LogP contribution >= 0.6 is 0 Å². The lowest BCUT2D eigenvalue weighted by Crippen LogP contribution is -2.37. The summed E-state index contributed by atoms with van der Waals surface area (Å²) in [4.78, 5) is 6.99. The van der Waals surface area contributed by atoms with Crippen LogP contribution in [0.15, 0.2) is 71.3 Å². The van der Waals surface area contributed by atoms with E-state index in [-0.39, 0.29) is 6.10 Å². The molecule has 4 rings (SSSR count). The number of ether oxygens (including phenoxy) is 1. The van der Waals surface area contributed by atoms with E-state index in [0.717, 1.165) is 37.5 Å². The number of morpholine rings is 1. The summed E-state index contributed by atoms with van der Waals surface area (Å²) in [5, 5.41) is 0. The minimum absolute atomic E-state index is 0.125. The Balaban J connectivity index is 1.43. The first kappa shape index (κ1) is 15.1. The number of hydrogen-bond acceptors (Lipinski definition) is 4. The quantitative estimate of drug-likeness (QED) is 0.730. The van der Waals surface area contributed by atoms with E-state index in [1.54, 1.807) is 6.26 Å². The molecular weight excluding hydrogens is 300 g/mol. The summed E-state index contributed by atoms with van der Waals surface area (Å²) < 4.78 is 11.6. The molecule has 0 bridgehead atoms. The van der Waals surface area contributed by atoms with Crippen LogP contribution in [0.5, 0.6) is 0 Å². The van der Waals surface area contributed by atoms with Crippen molar-refractivity contribution >= 4 is 0 Å². The Labute approximate surface area is 141 Å². The van der Waals surface area contributed by atoms with Gasteiger partial charge in [-0.25, -0.2) is 4.98 Å². The molecule has 1 aliphatic rings. The average molecular weight is 320 g/mol. The van der Waals surface area contributed by atoms with Crippen LogP contribution in [0.1, 0.15) is 17.4 Å². The summed E-state index contributed by atoms with van der Waals surface area (Å²) in [6.45, 7) is 3.31. The van der Waals surface area contributed by atoms with Gasteiger partial charge < -0.3 is 9.15 Å². The maximum absolute atomic E-state index is 5.92. The molecule has 0 N–H and O–H groups in total. The molecule has 0 spiro atoms. The minimum Gasteiger partial charge on any atom is -0.444 e. The summed E-state index contributed by atoms with van der Waals surface area (Å²) in [5.41, 5.74) is 3.20. The monoisotopic (exact) mass is 320 g/mol. The second-order valence-electron chi connectivity index (χ2n) is 6.02. The van der Waals surface area contributed by atoms with Gasteiger partial charge in [0.1, 0.15) is 6.26 Å². The Morgan fingerprint density at radius 1 is 1.00 bits per heavy atom. The van der Waals surface area contributed by atoms with Crippen molar-refractivity contribution in [2.24, 2.45) is 0 Å². The van der Waals surface area contributed by atoms with E-state index in [4.69, 9.17) is 9.15 Å². The molecule has 0 amide bonds. The number of rotatable bonds is 4. The fourth-order valence-corrected chi connectivity index (χ4v) is 3.04. The Kier molecular flexibility index (Phi) is 4.40. The van der Waals surface area contributed by atoms with E-state index in [0.29, 0.717) is 5.89 Å². The summed E-state index contributed by atoms with van der Waals surface area (Å²) in [7, 11) is 0. The summed E-state index contributed by atoms with van der Waals surface area (Å²) in [6.07, 6.45) is 1.88. The predicted molar refractivity (Wildman–Crippen MR) is 92.4 cm³/mol. The van der Waals surface area contributed by atoms with Crippen molar-refractivity contribution < 1.29 is 9.15 Å². The maximum Gasteiger partial charge on any atom is 0.226 e. The molecule has 1 fully saturated rings. The zero-order valence-electron chi connectivity index (χ0n) is 13.5. The van der Waals surface area contributed by atoms with Crippen LogP contribution in [0.3, 0.4) is 0 Å². The third-order valence-corrected chi connectivity index (χ3v) is 4.28. The Bertz CT molecular complexity index is 771. The highest BCUT2D eigenvalue weighted by atomic mass is 16.5. The van der Waals surface area contributed by atoms with E-state index in [1.807, 2.05) is 36.4 Å². The van der Waals surface area contributed by atoms with Crippen LogP contribution in [-0.2, 0) is 11.3 Å². The van der Waals surface area contributed by atoms with Crippen LogP contribution in [-0.4, -0.2) is 29.6 Å². The topological polar surface area (TPSA) is 38.5 Å². The smallest absolute Gasteiger partial charge is 0.226 e. The maximum atomic E-state index is 5.92. The fourth-order valence-electron chi connectivity index (χ4n) is 3.04. The SMILES string of the molecule is c1ccc(-c2nc(CN3CCO[C@H](c4ccccc4)C3)co2)cc1. The fraction of sp³-hybridized carbons (Fsp3) is 0.250. The van der Waals surface area contributed by atoms with Crippen LogP contribution in [0.25, 0.3) is 11.5 Å². The molecule has 24 heavy (non-hydrogen) atoms. The second kappa shape index (κ2) is 6.99. The number of benzene rings is 2. The van der Waals surface area contributed by atoms with Crippen LogP contribution < -0.4 is 0 Å². The van der Waals surface area contributed by atoms with Crippen LogP contribution in [0.4, 0.5) is 0 Å². The van der Waals surface area contributed by atoms with Crippen molar-refractivity contribution in [1.29, 1.82) is 0 Å².